The molecule has 1 aliphatic heterocycles. The van der Waals surface area contributed by atoms with E-state index in [9.17, 15) is 14.0 Å². The number of rotatable bonds is 4. The molecule has 2 aliphatic rings. The molecule has 2 N–H and O–H groups in total. The summed E-state index contributed by atoms with van der Waals surface area (Å²) >= 11 is 1.23. The van der Waals surface area contributed by atoms with Gasteiger partial charge in [0.25, 0.3) is 0 Å². The molecule has 0 spiro atoms. The Labute approximate surface area is 161 Å². The normalized spacial score (nSPS) is 31.2. The second kappa shape index (κ2) is 8.18. The van der Waals surface area contributed by atoms with E-state index in [0.29, 0.717) is 23.5 Å². The SMILES string of the molecule is CC1CC[C@@H](C(C)C)[C@H](OC(=O)[C@@H]2O[C@H](n3cc(F)c(N)nc3=O)CS2)C1. The molecule has 1 aliphatic carbocycles. The summed E-state index contributed by atoms with van der Waals surface area (Å²) in [4.78, 5) is 28.0. The second-order valence-corrected chi connectivity index (χ2v) is 8.82. The van der Waals surface area contributed by atoms with Gasteiger partial charge < -0.3 is 15.2 Å². The van der Waals surface area contributed by atoms with Crippen LogP contribution in [0.4, 0.5) is 10.2 Å². The highest BCUT2D eigenvalue weighted by Crippen LogP contribution is 2.37. The third-order valence-electron chi connectivity index (χ3n) is 5.34. The highest BCUT2D eigenvalue weighted by atomic mass is 32.2. The molecule has 0 aromatic carbocycles. The molecule has 0 bridgehead atoms. The maximum absolute atomic E-state index is 13.6. The predicted octanol–water partition coefficient (Wildman–Crippen LogP) is 2.56. The Morgan fingerprint density at radius 3 is 2.93 bits per heavy atom. The molecule has 2 heterocycles. The number of nitrogens with zero attached hydrogens (tertiary/aromatic N) is 2. The first-order valence-electron chi connectivity index (χ1n) is 9.28. The van der Waals surface area contributed by atoms with Crippen LogP contribution in [0.3, 0.4) is 0 Å². The molecule has 0 radical (unpaired) electrons. The molecule has 5 atom stereocenters. The van der Waals surface area contributed by atoms with Crippen molar-refractivity contribution in [1.29, 1.82) is 0 Å². The zero-order valence-electron chi connectivity index (χ0n) is 15.8. The smallest absolute Gasteiger partial charge is 0.351 e. The lowest BCUT2D eigenvalue weighted by Crippen LogP contribution is -2.38. The van der Waals surface area contributed by atoms with Crippen molar-refractivity contribution in [2.45, 2.75) is 57.8 Å². The minimum Gasteiger partial charge on any atom is -0.459 e. The van der Waals surface area contributed by atoms with Gasteiger partial charge in [0.1, 0.15) is 12.3 Å². The maximum Gasteiger partial charge on any atom is 0.351 e. The van der Waals surface area contributed by atoms with Crippen LogP contribution in [0.2, 0.25) is 0 Å². The summed E-state index contributed by atoms with van der Waals surface area (Å²) in [5, 5.41) is 0. The molecule has 7 nitrogen and oxygen atoms in total. The highest BCUT2D eigenvalue weighted by Gasteiger charge is 2.39. The number of nitrogen functional groups attached to an aromatic ring is 1. The van der Waals surface area contributed by atoms with Crippen molar-refractivity contribution in [3.8, 4) is 0 Å². The van der Waals surface area contributed by atoms with Crippen LogP contribution in [0.15, 0.2) is 11.0 Å². The molecule has 9 heteroatoms. The molecule has 1 saturated heterocycles. The van der Waals surface area contributed by atoms with E-state index < -0.39 is 35.0 Å². The van der Waals surface area contributed by atoms with E-state index in [2.05, 4.69) is 25.8 Å². The highest BCUT2D eigenvalue weighted by molar-refractivity contribution is 8.00. The van der Waals surface area contributed by atoms with E-state index in [1.807, 2.05) is 0 Å². The van der Waals surface area contributed by atoms with Crippen LogP contribution in [0.25, 0.3) is 0 Å². The number of nitrogens with two attached hydrogens (primary N) is 1. The fourth-order valence-electron chi connectivity index (χ4n) is 3.78. The van der Waals surface area contributed by atoms with E-state index in [-0.39, 0.29) is 6.10 Å². The zero-order valence-corrected chi connectivity index (χ0v) is 16.6. The maximum atomic E-state index is 13.6. The Kier molecular flexibility index (Phi) is 6.10. The Morgan fingerprint density at radius 2 is 2.22 bits per heavy atom. The van der Waals surface area contributed by atoms with Crippen LogP contribution in [-0.4, -0.2) is 32.8 Å². The van der Waals surface area contributed by atoms with E-state index in [1.54, 1.807) is 0 Å². The second-order valence-electron chi connectivity index (χ2n) is 7.72. The molecule has 27 heavy (non-hydrogen) atoms. The number of anilines is 1. The summed E-state index contributed by atoms with van der Waals surface area (Å²) in [6, 6.07) is 0. The lowest BCUT2D eigenvalue weighted by atomic mass is 9.75. The van der Waals surface area contributed by atoms with Crippen molar-refractivity contribution in [3.63, 3.8) is 0 Å². The van der Waals surface area contributed by atoms with Gasteiger partial charge in [0.15, 0.2) is 11.6 Å². The number of esters is 1. The molecule has 1 saturated carbocycles. The Balaban J connectivity index is 1.65. The minimum absolute atomic E-state index is 0.122. The van der Waals surface area contributed by atoms with Gasteiger partial charge in [0, 0.05) is 5.75 Å². The number of hydrogen-bond acceptors (Lipinski definition) is 7. The first kappa shape index (κ1) is 20.1. The zero-order chi connectivity index (χ0) is 19.7. The molecule has 1 unspecified atom stereocenters. The van der Waals surface area contributed by atoms with Crippen molar-refractivity contribution in [1.82, 2.24) is 9.55 Å². The van der Waals surface area contributed by atoms with Crippen molar-refractivity contribution in [2.75, 3.05) is 11.5 Å². The monoisotopic (exact) mass is 399 g/mol. The summed E-state index contributed by atoms with van der Waals surface area (Å²) in [6.45, 7) is 6.46. The van der Waals surface area contributed by atoms with Crippen molar-refractivity contribution < 1.29 is 18.7 Å². The van der Waals surface area contributed by atoms with Gasteiger partial charge in [0.2, 0.25) is 5.44 Å². The molecule has 150 valence electrons. The van der Waals surface area contributed by atoms with Gasteiger partial charge >= 0.3 is 11.7 Å². The fourth-order valence-corrected chi connectivity index (χ4v) is 4.76. The molecular weight excluding hydrogens is 373 g/mol. The number of aromatic nitrogens is 2. The van der Waals surface area contributed by atoms with Crippen LogP contribution in [0.5, 0.6) is 0 Å². The van der Waals surface area contributed by atoms with E-state index in [1.165, 1.54) is 11.8 Å². The van der Waals surface area contributed by atoms with Gasteiger partial charge in [-0.2, -0.15) is 4.98 Å². The van der Waals surface area contributed by atoms with Gasteiger partial charge in [-0.25, -0.2) is 14.0 Å². The topological polar surface area (TPSA) is 96.4 Å². The summed E-state index contributed by atoms with van der Waals surface area (Å²) in [6.07, 6.45) is 3.09. The average Bonchev–Trinajstić information content (AvgIpc) is 3.08. The number of carbonyl (C=O) groups excluding carboxylic acids is 1. The average molecular weight is 399 g/mol. The van der Waals surface area contributed by atoms with Crippen LogP contribution in [0, 0.1) is 23.6 Å². The Bertz CT molecular complexity index is 757. The number of hydrogen-bond donors (Lipinski definition) is 1. The van der Waals surface area contributed by atoms with E-state index in [4.69, 9.17) is 15.2 Å². The van der Waals surface area contributed by atoms with Gasteiger partial charge in [-0.3, -0.25) is 4.57 Å². The van der Waals surface area contributed by atoms with Gasteiger partial charge in [-0.1, -0.05) is 27.2 Å². The lowest BCUT2D eigenvalue weighted by Gasteiger charge is -2.37. The number of halogens is 1. The van der Waals surface area contributed by atoms with Crippen LogP contribution in [0.1, 0.15) is 46.3 Å². The lowest BCUT2D eigenvalue weighted by molar-refractivity contribution is -0.166. The summed E-state index contributed by atoms with van der Waals surface area (Å²) in [7, 11) is 0. The standard InChI is InChI=1S/C18H26FN3O4S/c1-9(2)11-5-4-10(3)6-13(11)25-16(23)17-26-14(8-27-17)22-7-12(19)15(20)21-18(22)24/h7,9-11,13-14,17H,4-6,8H2,1-3H3,(H2,20,21,24)/t10?,11-,13+,14-,17+/m0/s1. The van der Waals surface area contributed by atoms with E-state index in [0.717, 1.165) is 30.0 Å². The molecule has 3 rings (SSSR count). The quantitative estimate of drug-likeness (QED) is 0.777. The van der Waals surface area contributed by atoms with Gasteiger partial charge in [0.05, 0.1) is 6.20 Å². The first-order chi connectivity index (χ1) is 12.8. The van der Waals surface area contributed by atoms with Crippen LogP contribution in [-0.2, 0) is 14.3 Å². The van der Waals surface area contributed by atoms with Crippen LogP contribution >= 0.6 is 11.8 Å². The summed E-state index contributed by atoms with van der Waals surface area (Å²) in [5.41, 5.74) is 3.74. The van der Waals surface area contributed by atoms with E-state index >= 15 is 0 Å². The van der Waals surface area contributed by atoms with Crippen LogP contribution < -0.4 is 11.4 Å². The minimum atomic E-state index is -0.840. The molecule has 1 aromatic rings. The van der Waals surface area contributed by atoms with Crippen molar-refractivity contribution in [2.24, 2.45) is 17.8 Å². The molecule has 0 amide bonds. The fraction of sp³-hybridized carbons (Fsp3) is 0.722. The molecule has 2 fully saturated rings. The Hall–Kier alpha value is -1.61. The number of thioether (sulfide) groups is 1. The third kappa shape index (κ3) is 4.45. The third-order valence-corrected chi connectivity index (χ3v) is 6.42. The predicted molar refractivity (Wildman–Crippen MR) is 100 cm³/mol. The molecular formula is C18H26FN3O4S. The number of ether oxygens (including phenoxy) is 2. The first-order valence-corrected chi connectivity index (χ1v) is 10.3. The summed E-state index contributed by atoms with van der Waals surface area (Å²) in [5.74, 6) is -0.0872. The number of carbonyl (C=O) groups is 1. The van der Waals surface area contributed by atoms with Crippen molar-refractivity contribution >= 4 is 23.5 Å². The largest absolute Gasteiger partial charge is 0.459 e. The van der Waals surface area contributed by atoms with Crippen molar-refractivity contribution in [3.05, 3.63) is 22.5 Å². The molecule has 1 aromatic heterocycles. The Morgan fingerprint density at radius 1 is 1.48 bits per heavy atom. The van der Waals surface area contributed by atoms with Gasteiger partial charge in [-0.15, -0.1) is 11.8 Å². The van der Waals surface area contributed by atoms with Gasteiger partial charge in [-0.05, 0) is 30.6 Å². The summed E-state index contributed by atoms with van der Waals surface area (Å²) < 4.78 is 26.1.